The molecule has 0 unspecified atom stereocenters. The molecule has 8 nitrogen and oxygen atoms in total. The number of aryl methyl sites for hydroxylation is 2. The minimum atomic E-state index is -0.0592. The number of carbonyl (C=O) groups is 1. The molecule has 1 aromatic carbocycles. The minimum Gasteiger partial charge on any atom is -0.353 e. The molecule has 0 aliphatic carbocycles. The summed E-state index contributed by atoms with van der Waals surface area (Å²) in [5.74, 6) is 2.28. The molecule has 0 saturated carbocycles. The van der Waals surface area contributed by atoms with Crippen molar-refractivity contribution in [2.24, 2.45) is 0 Å². The number of hydrogen-bond donors (Lipinski definition) is 2. The van der Waals surface area contributed by atoms with E-state index in [1.807, 2.05) is 54.3 Å². The molecule has 31 heavy (non-hydrogen) atoms. The molecule has 0 bridgehead atoms. The Balaban J connectivity index is 1.36. The quantitative estimate of drug-likeness (QED) is 0.656. The monoisotopic (exact) mass is 417 g/mol. The van der Waals surface area contributed by atoms with Gasteiger partial charge in [0.1, 0.15) is 23.8 Å². The fourth-order valence-electron chi connectivity index (χ4n) is 3.61. The number of nitrogens with zero attached hydrogens (tertiary/aromatic N) is 5. The molecule has 0 spiro atoms. The second-order valence-electron chi connectivity index (χ2n) is 7.52. The first kappa shape index (κ1) is 20.6. The number of hydrogen-bond acceptors (Lipinski definition) is 6. The van der Waals surface area contributed by atoms with Crippen LogP contribution in [-0.2, 0) is 6.42 Å². The lowest BCUT2D eigenvalue weighted by atomic mass is 10.1. The molecule has 8 heteroatoms. The Labute approximate surface area is 182 Å². The van der Waals surface area contributed by atoms with Gasteiger partial charge < -0.3 is 20.4 Å². The molecule has 2 amide bonds. The smallest absolute Gasteiger partial charge is 0.321 e. The van der Waals surface area contributed by atoms with E-state index < -0.39 is 0 Å². The normalized spacial score (nSPS) is 13.7. The highest BCUT2D eigenvalue weighted by Crippen LogP contribution is 2.20. The van der Waals surface area contributed by atoms with Crippen LogP contribution in [0.5, 0.6) is 0 Å². The Hall–Kier alpha value is -3.68. The first-order chi connectivity index (χ1) is 15.1. The fraction of sp³-hybridized carbons (Fsp3) is 0.304. The van der Waals surface area contributed by atoms with E-state index in [2.05, 4.69) is 37.4 Å². The van der Waals surface area contributed by atoms with Crippen molar-refractivity contribution < 1.29 is 4.79 Å². The summed E-state index contributed by atoms with van der Waals surface area (Å²) in [5.41, 5.74) is 3.15. The van der Waals surface area contributed by atoms with Crippen LogP contribution < -0.4 is 15.5 Å². The van der Waals surface area contributed by atoms with Crippen molar-refractivity contribution in [1.82, 2.24) is 19.9 Å². The summed E-state index contributed by atoms with van der Waals surface area (Å²) >= 11 is 0. The van der Waals surface area contributed by atoms with E-state index in [0.29, 0.717) is 32.0 Å². The highest BCUT2D eigenvalue weighted by atomic mass is 16.2. The zero-order chi connectivity index (χ0) is 21.6. The second-order valence-corrected chi connectivity index (χ2v) is 7.52. The Bertz CT molecular complexity index is 1050. The maximum Gasteiger partial charge on any atom is 0.321 e. The van der Waals surface area contributed by atoms with Gasteiger partial charge in [-0.15, -0.1) is 0 Å². The highest BCUT2D eigenvalue weighted by Gasteiger charge is 2.22. The Kier molecular flexibility index (Phi) is 6.26. The third-order valence-electron chi connectivity index (χ3n) is 5.35. The third-order valence-corrected chi connectivity index (χ3v) is 5.35. The van der Waals surface area contributed by atoms with E-state index in [0.717, 1.165) is 34.9 Å². The van der Waals surface area contributed by atoms with Gasteiger partial charge >= 0.3 is 6.03 Å². The average molecular weight is 418 g/mol. The van der Waals surface area contributed by atoms with Crippen molar-refractivity contribution in [3.63, 3.8) is 0 Å². The van der Waals surface area contributed by atoms with E-state index >= 15 is 0 Å². The van der Waals surface area contributed by atoms with Crippen LogP contribution in [0.3, 0.4) is 0 Å². The summed E-state index contributed by atoms with van der Waals surface area (Å²) < 4.78 is 0. The molecular weight excluding hydrogens is 390 g/mol. The summed E-state index contributed by atoms with van der Waals surface area (Å²) in [7, 11) is 0. The molecule has 1 aliphatic rings. The van der Waals surface area contributed by atoms with Crippen LogP contribution in [0.15, 0.2) is 55.0 Å². The number of anilines is 4. The fourth-order valence-corrected chi connectivity index (χ4v) is 3.61. The molecule has 160 valence electrons. The van der Waals surface area contributed by atoms with Gasteiger partial charge in [-0.1, -0.05) is 25.1 Å². The standard InChI is InChI=1S/C23H27N7O/c1-3-18-6-4-5-7-19(18)27-23(31)30-12-10-29(11-13-30)22-15-21(25-16-26-22)28-20-14-17(2)8-9-24-20/h4-9,14-16H,3,10-13H2,1-2H3,(H,27,31)(H,24,25,26,28). The molecule has 2 N–H and O–H groups in total. The maximum absolute atomic E-state index is 12.7. The van der Waals surface area contributed by atoms with Crippen LogP contribution in [0.4, 0.5) is 27.9 Å². The van der Waals surface area contributed by atoms with Crippen molar-refractivity contribution in [2.75, 3.05) is 41.7 Å². The summed E-state index contributed by atoms with van der Waals surface area (Å²) in [6.45, 7) is 6.79. The van der Waals surface area contributed by atoms with Crippen LogP contribution >= 0.6 is 0 Å². The van der Waals surface area contributed by atoms with Crippen molar-refractivity contribution in [3.05, 3.63) is 66.1 Å². The minimum absolute atomic E-state index is 0.0592. The van der Waals surface area contributed by atoms with Crippen LogP contribution in [-0.4, -0.2) is 52.1 Å². The lowest BCUT2D eigenvalue weighted by Gasteiger charge is -2.35. The third kappa shape index (κ3) is 5.09. The first-order valence-electron chi connectivity index (χ1n) is 10.5. The van der Waals surface area contributed by atoms with Gasteiger partial charge in [-0.05, 0) is 42.7 Å². The van der Waals surface area contributed by atoms with Gasteiger partial charge in [0.2, 0.25) is 0 Å². The van der Waals surface area contributed by atoms with Crippen LogP contribution in [0.2, 0.25) is 0 Å². The largest absolute Gasteiger partial charge is 0.353 e. The van der Waals surface area contributed by atoms with E-state index in [1.165, 1.54) is 0 Å². The second kappa shape index (κ2) is 9.42. The topological polar surface area (TPSA) is 86.3 Å². The molecule has 0 radical (unpaired) electrons. The van der Waals surface area contributed by atoms with Crippen LogP contribution in [0.25, 0.3) is 0 Å². The van der Waals surface area contributed by atoms with Gasteiger partial charge in [-0.2, -0.15) is 0 Å². The molecule has 3 heterocycles. The Morgan fingerprint density at radius 3 is 2.55 bits per heavy atom. The summed E-state index contributed by atoms with van der Waals surface area (Å²) in [5, 5.41) is 6.28. The molecule has 1 aliphatic heterocycles. The number of urea groups is 1. The summed E-state index contributed by atoms with van der Waals surface area (Å²) in [4.78, 5) is 29.8. The van der Waals surface area contributed by atoms with Crippen LogP contribution in [0, 0.1) is 6.92 Å². The maximum atomic E-state index is 12.7. The number of para-hydroxylation sites is 1. The lowest BCUT2D eigenvalue weighted by Crippen LogP contribution is -2.50. The number of rotatable bonds is 5. The van der Waals surface area contributed by atoms with E-state index in [4.69, 9.17) is 0 Å². The van der Waals surface area contributed by atoms with Crippen molar-refractivity contribution >= 4 is 29.2 Å². The number of amides is 2. The van der Waals surface area contributed by atoms with Gasteiger partial charge in [-0.3, -0.25) is 0 Å². The van der Waals surface area contributed by atoms with Gasteiger partial charge in [0, 0.05) is 44.1 Å². The Morgan fingerprint density at radius 2 is 1.77 bits per heavy atom. The molecule has 0 atom stereocenters. The van der Waals surface area contributed by atoms with Crippen molar-refractivity contribution in [1.29, 1.82) is 0 Å². The number of nitrogens with one attached hydrogen (secondary N) is 2. The molecular formula is C23H27N7O. The zero-order valence-corrected chi connectivity index (χ0v) is 17.9. The van der Waals surface area contributed by atoms with E-state index in [9.17, 15) is 4.79 Å². The number of aromatic nitrogens is 3. The zero-order valence-electron chi connectivity index (χ0n) is 17.9. The van der Waals surface area contributed by atoms with E-state index in [1.54, 1.807) is 12.5 Å². The lowest BCUT2D eigenvalue weighted by molar-refractivity contribution is 0.208. The van der Waals surface area contributed by atoms with Gasteiger partial charge in [0.15, 0.2) is 0 Å². The number of carbonyl (C=O) groups excluding carboxylic acids is 1. The van der Waals surface area contributed by atoms with Crippen LogP contribution in [0.1, 0.15) is 18.1 Å². The first-order valence-corrected chi connectivity index (χ1v) is 10.5. The summed E-state index contributed by atoms with van der Waals surface area (Å²) in [6, 6.07) is 13.7. The molecule has 1 saturated heterocycles. The molecule has 4 rings (SSSR count). The molecule has 2 aromatic heterocycles. The van der Waals surface area contributed by atoms with E-state index in [-0.39, 0.29) is 6.03 Å². The summed E-state index contributed by atoms with van der Waals surface area (Å²) in [6.07, 6.45) is 4.20. The van der Waals surface area contributed by atoms with Gasteiger partial charge in [-0.25, -0.2) is 19.7 Å². The SMILES string of the molecule is CCc1ccccc1NC(=O)N1CCN(c2cc(Nc3cc(C)ccn3)ncn2)CC1. The van der Waals surface area contributed by atoms with Crippen molar-refractivity contribution in [3.8, 4) is 0 Å². The average Bonchev–Trinajstić information content (AvgIpc) is 2.80. The molecule has 3 aromatic rings. The number of benzene rings is 1. The van der Waals surface area contributed by atoms with Gasteiger partial charge in [0.05, 0.1) is 0 Å². The predicted octanol–water partition coefficient (Wildman–Crippen LogP) is 3.84. The predicted molar refractivity (Wildman–Crippen MR) is 123 cm³/mol. The Morgan fingerprint density at radius 1 is 1.00 bits per heavy atom. The number of piperazine rings is 1. The molecule has 1 fully saturated rings. The van der Waals surface area contributed by atoms with Gasteiger partial charge in [0.25, 0.3) is 0 Å². The highest BCUT2D eigenvalue weighted by molar-refractivity contribution is 5.90. The van der Waals surface area contributed by atoms with Crippen molar-refractivity contribution in [2.45, 2.75) is 20.3 Å². The number of pyridine rings is 1.